The molecule has 0 aliphatic rings. The topological polar surface area (TPSA) is 145 Å². The molecule has 5 N–H and O–H groups in total. The van der Waals surface area contributed by atoms with Crippen LogP contribution in [0.5, 0.6) is 0 Å². The molecular weight excluding hydrogens is 231 g/mol. The van der Waals surface area contributed by atoms with Gasteiger partial charge >= 0.3 is 13.6 Å². The van der Waals surface area contributed by atoms with E-state index >= 15 is 0 Å². The summed E-state index contributed by atoms with van der Waals surface area (Å²) in [4.78, 5) is 32.0. The maximum atomic E-state index is 11.1. The predicted octanol–water partition coefficient (Wildman–Crippen LogP) is -0.750. The number of hydrogen-bond donors (Lipinski definition) is 5. The van der Waals surface area contributed by atoms with Crippen molar-refractivity contribution in [3.05, 3.63) is 0 Å². The maximum absolute atomic E-state index is 11.1. The van der Waals surface area contributed by atoms with E-state index in [1.807, 2.05) is 0 Å². The highest BCUT2D eigenvalue weighted by molar-refractivity contribution is 7.53. The van der Waals surface area contributed by atoms with E-state index in [9.17, 15) is 9.36 Å². The molecule has 15 heavy (non-hydrogen) atoms. The van der Waals surface area contributed by atoms with Crippen LogP contribution in [-0.2, 0) is 14.2 Å². The molecule has 0 saturated carbocycles. The lowest BCUT2D eigenvalue weighted by Crippen LogP contribution is -2.38. The Labute approximate surface area is 85.2 Å². The number of carboxylic acids is 1. The number of rotatable bonds is 7. The number of aliphatic carboxylic acids is 1. The van der Waals surface area contributed by atoms with Gasteiger partial charge in [-0.3, -0.25) is 14.6 Å². The van der Waals surface area contributed by atoms with Gasteiger partial charge in [-0.2, -0.15) is 0 Å². The number of aliphatic hydroxyl groups excluding tert-OH is 1. The summed E-state index contributed by atoms with van der Waals surface area (Å²) in [5.41, 5.74) is 0. The zero-order valence-electron chi connectivity index (χ0n) is 7.74. The summed E-state index contributed by atoms with van der Waals surface area (Å²) < 4.78 is 11.1. The van der Waals surface area contributed by atoms with E-state index < -0.39 is 44.8 Å². The van der Waals surface area contributed by atoms with Crippen molar-refractivity contribution in [1.29, 1.82) is 0 Å². The van der Waals surface area contributed by atoms with Gasteiger partial charge < -0.3 is 20.0 Å². The first-order chi connectivity index (χ1) is 6.79. The number of hydrogen-bond acceptors (Lipinski definition) is 5. The van der Waals surface area contributed by atoms with Crippen LogP contribution in [0.4, 0.5) is 0 Å². The molecule has 0 aromatic heterocycles. The normalized spacial score (nSPS) is 16.0. The maximum Gasteiger partial charge on any atom is 0.334 e. The monoisotopic (exact) mass is 244 g/mol. The van der Waals surface area contributed by atoms with Crippen LogP contribution in [0.1, 0.15) is 12.8 Å². The van der Waals surface area contributed by atoms with Gasteiger partial charge in [-0.1, -0.05) is 0 Å². The molecule has 0 radical (unpaired) electrons. The van der Waals surface area contributed by atoms with E-state index in [1.54, 1.807) is 0 Å². The highest BCUT2D eigenvalue weighted by Crippen LogP contribution is 2.54. The fraction of sp³-hybridized carbons (Fsp3) is 0.833. The molecule has 0 saturated heterocycles. The van der Waals surface area contributed by atoms with Crippen molar-refractivity contribution in [2.75, 3.05) is 13.2 Å². The molecule has 0 aliphatic carbocycles. The Morgan fingerprint density at radius 3 is 2.20 bits per heavy atom. The molecule has 1 atom stereocenters. The Hall–Kier alpha value is -0.500. The molecule has 0 amide bonds. The van der Waals surface area contributed by atoms with Gasteiger partial charge in [0.05, 0.1) is 13.0 Å². The van der Waals surface area contributed by atoms with Gasteiger partial charge in [0.1, 0.15) is 5.16 Å². The third kappa shape index (κ3) is 3.86. The van der Waals surface area contributed by atoms with Crippen molar-refractivity contribution in [2.24, 2.45) is 0 Å². The molecular formula is C6H13O8P. The molecule has 90 valence electrons. The van der Waals surface area contributed by atoms with Gasteiger partial charge in [0.15, 0.2) is 0 Å². The van der Waals surface area contributed by atoms with Gasteiger partial charge in [0.2, 0.25) is 0 Å². The second kappa shape index (κ2) is 5.55. The smallest absolute Gasteiger partial charge is 0.334 e. The van der Waals surface area contributed by atoms with Crippen LogP contribution in [0, 0.1) is 0 Å². The molecule has 0 aromatic rings. The highest BCUT2D eigenvalue weighted by atomic mass is 31.2. The van der Waals surface area contributed by atoms with Gasteiger partial charge in [-0.25, -0.2) is 4.89 Å². The predicted molar refractivity (Wildman–Crippen MR) is 47.3 cm³/mol. The fourth-order valence-electron chi connectivity index (χ4n) is 1.15. The fourth-order valence-corrected chi connectivity index (χ4v) is 2.11. The van der Waals surface area contributed by atoms with Crippen molar-refractivity contribution in [1.82, 2.24) is 0 Å². The first kappa shape index (κ1) is 14.5. The summed E-state index contributed by atoms with van der Waals surface area (Å²) in [6.45, 7) is -1.48. The van der Waals surface area contributed by atoms with Crippen molar-refractivity contribution >= 4 is 13.6 Å². The van der Waals surface area contributed by atoms with Crippen LogP contribution in [-0.4, -0.2) is 49.6 Å². The first-order valence-corrected chi connectivity index (χ1v) is 5.55. The Morgan fingerprint density at radius 1 is 1.40 bits per heavy atom. The largest absolute Gasteiger partial charge is 0.481 e. The molecule has 0 fully saturated rings. The van der Waals surface area contributed by atoms with Crippen LogP contribution >= 0.6 is 7.60 Å². The molecule has 0 aromatic carbocycles. The van der Waals surface area contributed by atoms with E-state index in [0.29, 0.717) is 0 Å². The minimum atomic E-state index is -4.82. The number of carboxylic acid groups (broad SMARTS) is 1. The van der Waals surface area contributed by atoms with E-state index in [1.165, 1.54) is 0 Å². The van der Waals surface area contributed by atoms with Crippen molar-refractivity contribution in [3.8, 4) is 0 Å². The molecule has 0 aliphatic heterocycles. The first-order valence-electron chi connectivity index (χ1n) is 3.94. The van der Waals surface area contributed by atoms with Crippen molar-refractivity contribution < 1.29 is 39.5 Å². The SMILES string of the molecule is O=C(O)CC(CCO)(COO)P(=O)(O)O. The van der Waals surface area contributed by atoms with Gasteiger partial charge in [-0.05, 0) is 6.42 Å². The molecule has 0 spiro atoms. The Balaban J connectivity index is 5.06. The van der Waals surface area contributed by atoms with Gasteiger partial charge in [0.25, 0.3) is 0 Å². The molecule has 0 bridgehead atoms. The summed E-state index contributed by atoms with van der Waals surface area (Å²) in [7, 11) is -4.82. The second-order valence-corrected chi connectivity index (χ2v) is 5.12. The number of carbonyl (C=O) groups is 1. The van der Waals surface area contributed by atoms with Crippen LogP contribution in [0.15, 0.2) is 0 Å². The lowest BCUT2D eigenvalue weighted by molar-refractivity contribution is -0.250. The molecule has 9 heteroatoms. The lowest BCUT2D eigenvalue weighted by Gasteiger charge is -2.30. The summed E-state index contributed by atoms with van der Waals surface area (Å²) in [6.07, 6.45) is -1.39. The van der Waals surface area contributed by atoms with Gasteiger partial charge in [-0.15, -0.1) is 0 Å². The molecule has 0 rings (SSSR count). The van der Waals surface area contributed by atoms with Crippen molar-refractivity contribution in [2.45, 2.75) is 18.0 Å². The third-order valence-electron chi connectivity index (χ3n) is 2.01. The van der Waals surface area contributed by atoms with E-state index in [-0.39, 0.29) is 0 Å². The second-order valence-electron chi connectivity index (χ2n) is 3.09. The highest BCUT2D eigenvalue weighted by Gasteiger charge is 2.48. The van der Waals surface area contributed by atoms with Crippen LogP contribution in [0.25, 0.3) is 0 Å². The van der Waals surface area contributed by atoms with E-state index in [0.717, 1.165) is 0 Å². The Bertz CT molecular complexity index is 252. The van der Waals surface area contributed by atoms with E-state index in [4.69, 9.17) is 25.3 Å². The molecule has 0 heterocycles. The van der Waals surface area contributed by atoms with Crippen molar-refractivity contribution in [3.63, 3.8) is 0 Å². The standard InChI is InChI=1S/C6H13O8P/c7-2-1-6(4-14-10,3-5(8)9)15(11,12)13/h7,10H,1-4H2,(H,8,9)(H2,11,12,13). The summed E-state index contributed by atoms with van der Waals surface area (Å²) in [6, 6.07) is 0. The minimum absolute atomic E-state index is 0.482. The summed E-state index contributed by atoms with van der Waals surface area (Å²) in [5, 5.41) is 23.2. The zero-order valence-corrected chi connectivity index (χ0v) is 8.63. The lowest BCUT2D eigenvalue weighted by atomic mass is 10.0. The number of aliphatic hydroxyl groups is 1. The quantitative estimate of drug-likeness (QED) is 0.223. The molecule has 1 unspecified atom stereocenters. The summed E-state index contributed by atoms with van der Waals surface area (Å²) >= 11 is 0. The minimum Gasteiger partial charge on any atom is -0.481 e. The third-order valence-corrected chi connectivity index (χ3v) is 3.76. The van der Waals surface area contributed by atoms with E-state index in [2.05, 4.69) is 4.89 Å². The van der Waals surface area contributed by atoms with Crippen LogP contribution in [0.3, 0.4) is 0 Å². The average molecular weight is 244 g/mol. The van der Waals surface area contributed by atoms with Crippen LogP contribution < -0.4 is 0 Å². The van der Waals surface area contributed by atoms with Crippen LogP contribution in [0.2, 0.25) is 0 Å². The Morgan fingerprint density at radius 2 is 1.93 bits per heavy atom. The Kier molecular flexibility index (Phi) is 5.36. The van der Waals surface area contributed by atoms with Gasteiger partial charge in [0, 0.05) is 6.61 Å². The zero-order chi connectivity index (χ0) is 12.1. The summed E-state index contributed by atoms with van der Waals surface area (Å²) in [5.74, 6) is -1.45. The molecule has 8 nitrogen and oxygen atoms in total. The average Bonchev–Trinajstić information content (AvgIpc) is 2.01.